The molecule has 0 saturated heterocycles. The van der Waals surface area contributed by atoms with E-state index < -0.39 is 0 Å². The molecule has 0 unspecified atom stereocenters. The largest absolute Gasteiger partial charge is 0.240 e. The Morgan fingerprint density at radius 1 is 0.889 bits per heavy atom. The van der Waals surface area contributed by atoms with E-state index in [1.807, 2.05) is 59.4 Å². The van der Waals surface area contributed by atoms with Crippen molar-refractivity contribution in [1.29, 1.82) is 0 Å². The molecule has 2 aromatic carbocycles. The average Bonchev–Trinajstić information content (AvgIpc) is 2.89. The average molecular weight is 299 g/mol. The number of aromatic nitrogens is 2. The zero-order valence-electron chi connectivity index (χ0n) is 9.62. The smallest absolute Gasteiger partial charge is 0.0927 e. The molecular weight excluding hydrogens is 288 g/mol. The van der Waals surface area contributed by atoms with Crippen LogP contribution in [-0.2, 0) is 0 Å². The fourth-order valence-corrected chi connectivity index (χ4v) is 2.25. The first kappa shape index (κ1) is 11.2. The van der Waals surface area contributed by atoms with Gasteiger partial charge in [-0.15, -0.1) is 0 Å². The molecule has 0 saturated carbocycles. The van der Waals surface area contributed by atoms with Crippen LogP contribution in [0.2, 0.25) is 0 Å². The summed E-state index contributed by atoms with van der Waals surface area (Å²) < 4.78 is 2.95. The highest BCUT2D eigenvalue weighted by Gasteiger charge is 2.03. The Morgan fingerprint density at radius 3 is 2.50 bits per heavy atom. The SMILES string of the molecule is Brc1cccc(-c2ccn(-c3ccccc3)n2)c1. The maximum Gasteiger partial charge on any atom is 0.0927 e. The van der Waals surface area contributed by atoms with Crippen LogP contribution in [0.1, 0.15) is 0 Å². The lowest BCUT2D eigenvalue weighted by molar-refractivity contribution is 0.884. The second kappa shape index (κ2) is 4.78. The van der Waals surface area contributed by atoms with Crippen LogP contribution in [0.4, 0.5) is 0 Å². The highest BCUT2D eigenvalue weighted by Crippen LogP contribution is 2.22. The van der Waals surface area contributed by atoms with Crippen molar-refractivity contribution in [1.82, 2.24) is 9.78 Å². The van der Waals surface area contributed by atoms with Crippen molar-refractivity contribution in [3.8, 4) is 16.9 Å². The molecule has 0 amide bonds. The van der Waals surface area contributed by atoms with Crippen LogP contribution in [0.25, 0.3) is 16.9 Å². The third-order valence-corrected chi connectivity index (χ3v) is 3.22. The summed E-state index contributed by atoms with van der Waals surface area (Å²) in [5.41, 5.74) is 3.15. The van der Waals surface area contributed by atoms with E-state index in [0.29, 0.717) is 0 Å². The Morgan fingerprint density at radius 2 is 1.72 bits per heavy atom. The number of para-hydroxylation sites is 1. The number of hydrogen-bond donors (Lipinski definition) is 0. The fraction of sp³-hybridized carbons (Fsp3) is 0. The standard InChI is InChI=1S/C15H11BrN2/c16-13-6-4-5-12(11-13)15-9-10-18(17-15)14-7-2-1-3-8-14/h1-11H. The zero-order valence-corrected chi connectivity index (χ0v) is 11.2. The van der Waals surface area contributed by atoms with Gasteiger partial charge >= 0.3 is 0 Å². The summed E-state index contributed by atoms with van der Waals surface area (Å²) in [6.45, 7) is 0. The summed E-state index contributed by atoms with van der Waals surface area (Å²) in [5.74, 6) is 0. The van der Waals surface area contributed by atoms with Crippen LogP contribution < -0.4 is 0 Å². The molecule has 0 aliphatic heterocycles. The minimum atomic E-state index is 0.972. The third-order valence-electron chi connectivity index (χ3n) is 2.73. The van der Waals surface area contributed by atoms with Gasteiger partial charge in [0, 0.05) is 16.2 Å². The van der Waals surface area contributed by atoms with Crippen molar-refractivity contribution in [3.63, 3.8) is 0 Å². The van der Waals surface area contributed by atoms with E-state index in [1.165, 1.54) is 0 Å². The molecule has 0 atom stereocenters. The summed E-state index contributed by atoms with van der Waals surface area (Å²) >= 11 is 3.48. The van der Waals surface area contributed by atoms with Crippen LogP contribution in [0.15, 0.2) is 71.3 Å². The number of benzene rings is 2. The van der Waals surface area contributed by atoms with Crippen LogP contribution in [0.5, 0.6) is 0 Å². The van der Waals surface area contributed by atoms with Gasteiger partial charge in [-0.1, -0.05) is 46.3 Å². The van der Waals surface area contributed by atoms with Gasteiger partial charge in [-0.2, -0.15) is 5.10 Å². The molecule has 3 rings (SSSR count). The zero-order chi connectivity index (χ0) is 12.4. The summed E-state index contributed by atoms with van der Waals surface area (Å²) in [6, 6.07) is 20.3. The Hall–Kier alpha value is -1.87. The van der Waals surface area contributed by atoms with E-state index in [4.69, 9.17) is 0 Å². The molecule has 0 aliphatic rings. The Kier molecular flexibility index (Phi) is 2.99. The number of halogens is 1. The molecule has 0 bridgehead atoms. The van der Waals surface area contributed by atoms with Gasteiger partial charge in [0.05, 0.1) is 11.4 Å². The van der Waals surface area contributed by atoms with E-state index in [9.17, 15) is 0 Å². The Labute approximate surface area is 114 Å². The normalized spacial score (nSPS) is 10.5. The van der Waals surface area contributed by atoms with Gasteiger partial charge in [-0.3, -0.25) is 0 Å². The fourth-order valence-electron chi connectivity index (χ4n) is 1.85. The molecule has 1 heterocycles. The molecule has 0 fully saturated rings. The van der Waals surface area contributed by atoms with Gasteiger partial charge in [0.15, 0.2) is 0 Å². The first-order chi connectivity index (χ1) is 8.83. The number of hydrogen-bond acceptors (Lipinski definition) is 1. The van der Waals surface area contributed by atoms with Gasteiger partial charge < -0.3 is 0 Å². The molecule has 3 heteroatoms. The first-order valence-electron chi connectivity index (χ1n) is 5.70. The molecule has 2 nitrogen and oxygen atoms in total. The predicted octanol–water partition coefficient (Wildman–Crippen LogP) is 4.30. The van der Waals surface area contributed by atoms with E-state index in [0.717, 1.165) is 21.4 Å². The molecule has 0 aliphatic carbocycles. The van der Waals surface area contributed by atoms with E-state index in [-0.39, 0.29) is 0 Å². The van der Waals surface area contributed by atoms with E-state index >= 15 is 0 Å². The molecule has 1 aromatic heterocycles. The lowest BCUT2D eigenvalue weighted by Gasteiger charge is -2.00. The third kappa shape index (κ3) is 2.22. The van der Waals surface area contributed by atoms with Crippen molar-refractivity contribution in [2.45, 2.75) is 0 Å². The van der Waals surface area contributed by atoms with Crippen molar-refractivity contribution in [3.05, 3.63) is 71.3 Å². The van der Waals surface area contributed by atoms with E-state index in [2.05, 4.69) is 33.2 Å². The summed E-state index contributed by atoms with van der Waals surface area (Å²) in [6.07, 6.45) is 1.98. The topological polar surface area (TPSA) is 17.8 Å². The van der Waals surface area contributed by atoms with Crippen molar-refractivity contribution < 1.29 is 0 Å². The highest BCUT2D eigenvalue weighted by molar-refractivity contribution is 9.10. The van der Waals surface area contributed by atoms with Gasteiger partial charge in [0.25, 0.3) is 0 Å². The minimum Gasteiger partial charge on any atom is -0.240 e. The molecule has 3 aromatic rings. The summed E-state index contributed by atoms with van der Waals surface area (Å²) in [5, 5.41) is 4.59. The maximum absolute atomic E-state index is 4.59. The lowest BCUT2D eigenvalue weighted by Crippen LogP contribution is -1.93. The summed E-state index contributed by atoms with van der Waals surface area (Å²) in [4.78, 5) is 0. The molecule has 0 radical (unpaired) electrons. The van der Waals surface area contributed by atoms with Crippen molar-refractivity contribution in [2.24, 2.45) is 0 Å². The van der Waals surface area contributed by atoms with Crippen molar-refractivity contribution >= 4 is 15.9 Å². The molecule has 0 spiro atoms. The Balaban J connectivity index is 2.00. The van der Waals surface area contributed by atoms with Crippen LogP contribution in [0, 0.1) is 0 Å². The maximum atomic E-state index is 4.59. The quantitative estimate of drug-likeness (QED) is 0.690. The predicted molar refractivity (Wildman–Crippen MR) is 76.7 cm³/mol. The molecule has 0 N–H and O–H groups in total. The van der Waals surface area contributed by atoms with Crippen LogP contribution in [0.3, 0.4) is 0 Å². The monoisotopic (exact) mass is 298 g/mol. The lowest BCUT2D eigenvalue weighted by atomic mass is 10.2. The van der Waals surface area contributed by atoms with Crippen molar-refractivity contribution in [2.75, 3.05) is 0 Å². The minimum absolute atomic E-state index is 0.972. The van der Waals surface area contributed by atoms with Gasteiger partial charge in [-0.05, 0) is 30.3 Å². The number of nitrogens with zero attached hydrogens (tertiary/aromatic N) is 2. The second-order valence-corrected chi connectivity index (χ2v) is 4.91. The van der Waals surface area contributed by atoms with Crippen LogP contribution >= 0.6 is 15.9 Å². The Bertz CT molecular complexity index is 659. The van der Waals surface area contributed by atoms with Gasteiger partial charge in [-0.25, -0.2) is 4.68 Å². The summed E-state index contributed by atoms with van der Waals surface area (Å²) in [7, 11) is 0. The van der Waals surface area contributed by atoms with Crippen LogP contribution in [-0.4, -0.2) is 9.78 Å². The van der Waals surface area contributed by atoms with Gasteiger partial charge in [0.1, 0.15) is 0 Å². The first-order valence-corrected chi connectivity index (χ1v) is 6.49. The highest BCUT2D eigenvalue weighted by atomic mass is 79.9. The molecule has 88 valence electrons. The number of rotatable bonds is 2. The van der Waals surface area contributed by atoms with E-state index in [1.54, 1.807) is 0 Å². The molecular formula is C15H11BrN2. The molecule has 18 heavy (non-hydrogen) atoms. The second-order valence-electron chi connectivity index (χ2n) is 3.99. The van der Waals surface area contributed by atoms with Gasteiger partial charge in [0.2, 0.25) is 0 Å².